The number of nitrogens with one attached hydrogen (secondary N) is 3. The maximum Gasteiger partial charge on any atom is 0.0504 e. The summed E-state index contributed by atoms with van der Waals surface area (Å²) in [5, 5.41) is 0. The molecule has 2 aromatic carbocycles. The zero-order valence-corrected chi connectivity index (χ0v) is 11.9. The molecule has 0 fully saturated rings. The zero-order chi connectivity index (χ0) is 14.7. The van der Waals surface area contributed by atoms with Gasteiger partial charge >= 0.3 is 0 Å². The Balaban J connectivity index is 1.93. The lowest BCUT2D eigenvalue weighted by Gasteiger charge is -2.32. The van der Waals surface area contributed by atoms with Crippen LogP contribution in [0.25, 0.3) is 0 Å². The molecular weight excluding hydrogens is 267 g/mol. The number of hydrazine groups is 2. The van der Waals surface area contributed by atoms with Gasteiger partial charge in [-0.15, -0.1) is 10.0 Å². The normalized spacial score (nSPS) is 18.3. The van der Waals surface area contributed by atoms with E-state index in [1.54, 1.807) is 0 Å². The van der Waals surface area contributed by atoms with Crippen molar-refractivity contribution in [3.05, 3.63) is 65.2 Å². The predicted molar refractivity (Wildman–Crippen MR) is 82.1 cm³/mol. The number of benzene rings is 2. The minimum Gasteiger partial charge on any atom is -0.306 e. The first-order chi connectivity index (χ1) is 10.3. The Kier molecular flexibility index (Phi) is 4.15. The fourth-order valence-electron chi connectivity index (χ4n) is 3.00. The van der Waals surface area contributed by atoms with E-state index in [4.69, 9.17) is 0 Å². The van der Waals surface area contributed by atoms with Crippen LogP contribution < -0.4 is 16.6 Å². The molecule has 0 saturated carbocycles. The van der Waals surface area contributed by atoms with Crippen molar-refractivity contribution in [1.82, 2.24) is 16.1 Å². The van der Waals surface area contributed by atoms with Crippen molar-refractivity contribution in [3.8, 4) is 0 Å². The fourth-order valence-corrected chi connectivity index (χ4v) is 3.00. The summed E-state index contributed by atoms with van der Waals surface area (Å²) in [6, 6.07) is 16.6. The average molecular weight is 286 g/mol. The van der Waals surface area contributed by atoms with Crippen LogP contribution in [0.15, 0.2) is 48.5 Å². The lowest BCUT2D eigenvalue weighted by Crippen LogP contribution is -2.31. The largest absolute Gasteiger partial charge is 0.306 e. The fraction of sp³-hybridized carbons (Fsp3) is 0.250. The molecule has 3 N–H and O–H groups in total. The SMILES string of the molecule is CN1Cc2ccccc2C(c2cccc(NNNF)c2)C1. The number of fused-ring (bicyclic) bond motifs is 1. The lowest BCUT2D eigenvalue weighted by molar-refractivity contribution is 0.284. The summed E-state index contributed by atoms with van der Waals surface area (Å²) in [6.45, 7) is 1.97. The van der Waals surface area contributed by atoms with Gasteiger partial charge in [0, 0.05) is 19.0 Å². The Morgan fingerprint density at radius 1 is 1.14 bits per heavy atom. The van der Waals surface area contributed by atoms with Gasteiger partial charge in [-0.25, -0.2) is 0 Å². The number of rotatable bonds is 4. The van der Waals surface area contributed by atoms with Crippen molar-refractivity contribution in [2.45, 2.75) is 12.5 Å². The molecule has 21 heavy (non-hydrogen) atoms. The molecule has 110 valence electrons. The Morgan fingerprint density at radius 3 is 2.86 bits per heavy atom. The van der Waals surface area contributed by atoms with Crippen LogP contribution in [0.5, 0.6) is 0 Å². The third-order valence-electron chi connectivity index (χ3n) is 3.91. The predicted octanol–water partition coefficient (Wildman–Crippen LogP) is 2.57. The monoisotopic (exact) mass is 286 g/mol. The minimum atomic E-state index is 0.333. The number of anilines is 1. The van der Waals surface area contributed by atoms with E-state index in [1.807, 2.05) is 18.2 Å². The van der Waals surface area contributed by atoms with Crippen molar-refractivity contribution in [2.75, 3.05) is 19.0 Å². The third-order valence-corrected chi connectivity index (χ3v) is 3.91. The van der Waals surface area contributed by atoms with Gasteiger partial charge in [-0.3, -0.25) is 0 Å². The van der Waals surface area contributed by atoms with Gasteiger partial charge in [0.25, 0.3) is 0 Å². The molecule has 1 unspecified atom stereocenters. The van der Waals surface area contributed by atoms with Gasteiger partial charge < -0.3 is 10.3 Å². The molecule has 0 radical (unpaired) electrons. The van der Waals surface area contributed by atoms with Gasteiger partial charge in [-0.1, -0.05) is 42.0 Å². The standard InChI is InChI=1S/C16H19FN4/c1-21-10-13-5-2-3-8-15(13)16(11-21)12-6-4-7-14(9-12)18-20-19-17/h2-9,16,18-20H,10-11H2,1H3. The van der Waals surface area contributed by atoms with Crippen LogP contribution in [0.1, 0.15) is 22.6 Å². The Morgan fingerprint density at radius 2 is 2.00 bits per heavy atom. The Hall–Kier alpha value is -1.95. The molecule has 4 nitrogen and oxygen atoms in total. The van der Waals surface area contributed by atoms with E-state index in [0.29, 0.717) is 5.92 Å². The quantitative estimate of drug-likeness (QED) is 0.597. The third kappa shape index (κ3) is 3.05. The molecular formula is C16H19FN4. The summed E-state index contributed by atoms with van der Waals surface area (Å²) in [7, 11) is 2.14. The lowest BCUT2D eigenvalue weighted by atomic mass is 9.85. The van der Waals surface area contributed by atoms with Crippen LogP contribution in [0.2, 0.25) is 0 Å². The minimum absolute atomic E-state index is 0.333. The number of hydrogen-bond donors (Lipinski definition) is 3. The molecule has 1 heterocycles. The smallest absolute Gasteiger partial charge is 0.0504 e. The maximum atomic E-state index is 12.0. The molecule has 1 aliphatic heterocycles. The van der Waals surface area contributed by atoms with E-state index in [0.717, 1.165) is 18.8 Å². The number of nitrogens with zero attached hydrogens (tertiary/aromatic N) is 1. The summed E-state index contributed by atoms with van der Waals surface area (Å²) in [5.74, 6) is 0.333. The highest BCUT2D eigenvalue weighted by atomic mass is 19.2. The Labute approximate surface area is 123 Å². The molecule has 5 heteroatoms. The second-order valence-corrected chi connectivity index (χ2v) is 5.42. The molecule has 1 aliphatic rings. The first-order valence-corrected chi connectivity index (χ1v) is 7.01. The van der Waals surface area contributed by atoms with Crippen molar-refractivity contribution < 1.29 is 4.48 Å². The number of likely N-dealkylation sites (N-methyl/N-ethyl adjacent to an activating group) is 1. The van der Waals surface area contributed by atoms with E-state index in [1.165, 1.54) is 22.3 Å². The molecule has 0 aliphatic carbocycles. The van der Waals surface area contributed by atoms with E-state index in [-0.39, 0.29) is 0 Å². The van der Waals surface area contributed by atoms with Crippen LogP contribution in [-0.2, 0) is 6.54 Å². The Bertz CT molecular complexity index is 617. The van der Waals surface area contributed by atoms with Gasteiger partial charge in [0.05, 0.1) is 5.69 Å². The van der Waals surface area contributed by atoms with Gasteiger partial charge in [0.2, 0.25) is 0 Å². The van der Waals surface area contributed by atoms with Crippen LogP contribution in [0.4, 0.5) is 10.2 Å². The summed E-state index contributed by atoms with van der Waals surface area (Å²) in [5.41, 5.74) is 11.2. The molecule has 3 rings (SSSR count). The summed E-state index contributed by atoms with van der Waals surface area (Å²) in [6.07, 6.45) is 0. The molecule has 0 spiro atoms. The second-order valence-electron chi connectivity index (χ2n) is 5.42. The summed E-state index contributed by atoms with van der Waals surface area (Å²) in [4.78, 5) is 2.33. The van der Waals surface area contributed by atoms with E-state index >= 15 is 0 Å². The molecule has 0 aromatic heterocycles. The summed E-state index contributed by atoms with van der Waals surface area (Å²) >= 11 is 0. The highest BCUT2D eigenvalue weighted by Gasteiger charge is 2.24. The van der Waals surface area contributed by atoms with Crippen molar-refractivity contribution in [2.24, 2.45) is 0 Å². The van der Waals surface area contributed by atoms with Crippen LogP contribution >= 0.6 is 0 Å². The van der Waals surface area contributed by atoms with Crippen LogP contribution in [0.3, 0.4) is 0 Å². The van der Waals surface area contributed by atoms with E-state index < -0.39 is 0 Å². The van der Waals surface area contributed by atoms with E-state index in [2.05, 4.69) is 53.2 Å². The molecule has 1 atom stereocenters. The van der Waals surface area contributed by atoms with Gasteiger partial charge in [0.1, 0.15) is 0 Å². The van der Waals surface area contributed by atoms with Gasteiger partial charge in [0.15, 0.2) is 0 Å². The maximum absolute atomic E-state index is 12.0. The van der Waals surface area contributed by atoms with Crippen molar-refractivity contribution >= 4 is 5.69 Å². The molecule has 0 saturated heterocycles. The average Bonchev–Trinajstić information content (AvgIpc) is 2.52. The zero-order valence-electron chi connectivity index (χ0n) is 11.9. The first kappa shape index (κ1) is 14.0. The van der Waals surface area contributed by atoms with Gasteiger partial charge in [-0.05, 0) is 35.9 Å². The van der Waals surface area contributed by atoms with E-state index in [9.17, 15) is 4.48 Å². The van der Waals surface area contributed by atoms with Crippen LogP contribution in [-0.4, -0.2) is 18.5 Å². The van der Waals surface area contributed by atoms with Crippen molar-refractivity contribution in [3.63, 3.8) is 0 Å². The highest BCUT2D eigenvalue weighted by molar-refractivity contribution is 5.49. The van der Waals surface area contributed by atoms with Gasteiger partial charge in [-0.2, -0.15) is 0 Å². The molecule has 2 aromatic rings. The topological polar surface area (TPSA) is 39.3 Å². The first-order valence-electron chi connectivity index (χ1n) is 7.01. The summed E-state index contributed by atoms with van der Waals surface area (Å²) < 4.78 is 12.0. The molecule has 0 bridgehead atoms. The number of hydrogen-bond acceptors (Lipinski definition) is 4. The second kappa shape index (κ2) is 6.22. The number of halogens is 1. The van der Waals surface area contributed by atoms with Crippen molar-refractivity contribution in [1.29, 1.82) is 0 Å². The highest BCUT2D eigenvalue weighted by Crippen LogP contribution is 2.33. The van der Waals surface area contributed by atoms with Crippen LogP contribution in [0, 0.1) is 0 Å². The molecule has 0 amide bonds.